The lowest BCUT2D eigenvalue weighted by molar-refractivity contribution is -0.143. The number of hydrogen-bond donors (Lipinski definition) is 3. The van der Waals surface area contributed by atoms with E-state index in [1.54, 1.807) is 0 Å². The Bertz CT molecular complexity index is 1350. The van der Waals surface area contributed by atoms with Gasteiger partial charge in [0.15, 0.2) is 0 Å². The molecule has 1 aliphatic rings. The van der Waals surface area contributed by atoms with Crippen LogP contribution in [0.15, 0.2) is 66.7 Å². The summed E-state index contributed by atoms with van der Waals surface area (Å²) in [6.45, 7) is 3.02. The third kappa shape index (κ3) is 8.83. The molecule has 0 spiro atoms. The van der Waals surface area contributed by atoms with Gasteiger partial charge in [-0.25, -0.2) is 4.79 Å². The van der Waals surface area contributed by atoms with Crippen molar-refractivity contribution in [3.63, 3.8) is 0 Å². The van der Waals surface area contributed by atoms with Gasteiger partial charge in [-0.05, 0) is 85.5 Å². The molecule has 0 radical (unpaired) electrons. The minimum Gasteiger partial charge on any atom is -0.493 e. The molecule has 3 N–H and O–H groups in total. The average Bonchev–Trinajstić information content (AvgIpc) is 2.99. The topological polar surface area (TPSA) is 122 Å². The van der Waals surface area contributed by atoms with E-state index in [-0.39, 0.29) is 17.2 Å². The molecule has 42 heavy (non-hydrogen) atoms. The molecular weight excluding hydrogens is 534 g/mol. The molecule has 0 heterocycles. The van der Waals surface area contributed by atoms with Crippen LogP contribution in [0.3, 0.4) is 0 Å². The third-order valence-electron chi connectivity index (χ3n) is 7.59. The van der Waals surface area contributed by atoms with Crippen molar-refractivity contribution in [3.8, 4) is 11.5 Å². The zero-order valence-electron chi connectivity index (χ0n) is 24.0. The molecule has 2 atom stereocenters. The summed E-state index contributed by atoms with van der Waals surface area (Å²) in [5, 5.41) is 21.7. The summed E-state index contributed by atoms with van der Waals surface area (Å²) in [7, 11) is 0. The van der Waals surface area contributed by atoms with Crippen molar-refractivity contribution in [2.75, 3.05) is 6.61 Å². The third-order valence-corrected chi connectivity index (χ3v) is 7.59. The van der Waals surface area contributed by atoms with E-state index in [1.807, 2.05) is 24.3 Å². The van der Waals surface area contributed by atoms with Gasteiger partial charge in [-0.3, -0.25) is 9.59 Å². The molecule has 3 aromatic carbocycles. The lowest BCUT2D eigenvalue weighted by Crippen LogP contribution is -2.40. The Hall–Kier alpha value is -4.33. The molecule has 0 aliphatic heterocycles. The first kappa shape index (κ1) is 30.6. The number of aromatic carboxylic acids is 1. The summed E-state index contributed by atoms with van der Waals surface area (Å²) in [6.07, 6.45) is 5.99. The molecule has 1 amide bonds. The van der Waals surface area contributed by atoms with Crippen LogP contribution in [0.4, 0.5) is 0 Å². The quantitative estimate of drug-likeness (QED) is 0.193. The number of ether oxygens (including phenoxy) is 2. The lowest BCUT2D eigenvalue weighted by Gasteiger charge is -2.27. The van der Waals surface area contributed by atoms with E-state index in [2.05, 4.69) is 36.5 Å². The highest BCUT2D eigenvalue weighted by Crippen LogP contribution is 2.26. The van der Waals surface area contributed by atoms with Gasteiger partial charge in [0.25, 0.3) is 5.91 Å². The Balaban J connectivity index is 1.28. The van der Waals surface area contributed by atoms with Crippen molar-refractivity contribution in [1.29, 1.82) is 0 Å². The van der Waals surface area contributed by atoms with Crippen LogP contribution in [0, 0.1) is 5.92 Å². The Labute approximate surface area is 246 Å². The van der Waals surface area contributed by atoms with Crippen molar-refractivity contribution in [3.05, 3.63) is 94.5 Å². The van der Waals surface area contributed by atoms with Crippen molar-refractivity contribution in [1.82, 2.24) is 5.32 Å². The largest absolute Gasteiger partial charge is 0.493 e. The number of carboxylic acid groups (broad SMARTS) is 2. The maximum atomic E-state index is 13.1. The number of carbonyl (C=O) groups is 3. The Kier molecular flexibility index (Phi) is 11.0. The molecule has 3 aromatic rings. The number of nitrogens with one attached hydrogen (secondary N) is 1. The van der Waals surface area contributed by atoms with Crippen LogP contribution < -0.4 is 14.8 Å². The number of hydrogen-bond acceptors (Lipinski definition) is 5. The van der Waals surface area contributed by atoms with Crippen molar-refractivity contribution in [2.45, 2.75) is 70.9 Å². The van der Waals surface area contributed by atoms with Gasteiger partial charge in [-0.2, -0.15) is 0 Å². The molecule has 1 fully saturated rings. The van der Waals surface area contributed by atoms with Crippen LogP contribution >= 0.6 is 0 Å². The van der Waals surface area contributed by atoms with E-state index < -0.39 is 23.8 Å². The highest BCUT2D eigenvalue weighted by molar-refractivity contribution is 6.00. The smallest absolute Gasteiger partial charge is 0.335 e. The summed E-state index contributed by atoms with van der Waals surface area (Å²) in [5.74, 6) is -1.85. The highest BCUT2D eigenvalue weighted by atomic mass is 16.5. The van der Waals surface area contributed by atoms with Gasteiger partial charge in [-0.15, -0.1) is 0 Å². The lowest BCUT2D eigenvalue weighted by atomic mass is 9.85. The Morgan fingerprint density at radius 1 is 0.857 bits per heavy atom. The normalized spacial score (nSPS) is 16.4. The van der Waals surface area contributed by atoms with Crippen LogP contribution in [0.25, 0.3) is 0 Å². The fourth-order valence-corrected chi connectivity index (χ4v) is 5.24. The number of aryl methyl sites for hydroxylation is 2. The fourth-order valence-electron chi connectivity index (χ4n) is 5.24. The number of benzene rings is 3. The second kappa shape index (κ2) is 15.1. The van der Waals surface area contributed by atoms with Gasteiger partial charge in [-0.1, -0.05) is 56.2 Å². The zero-order chi connectivity index (χ0) is 29.9. The monoisotopic (exact) mass is 573 g/mol. The summed E-state index contributed by atoms with van der Waals surface area (Å²) in [4.78, 5) is 36.1. The maximum Gasteiger partial charge on any atom is 0.335 e. The highest BCUT2D eigenvalue weighted by Gasteiger charge is 2.29. The van der Waals surface area contributed by atoms with Crippen LogP contribution in [0.1, 0.15) is 82.9 Å². The number of carboxylic acids is 2. The van der Waals surface area contributed by atoms with Gasteiger partial charge >= 0.3 is 11.9 Å². The van der Waals surface area contributed by atoms with Crippen molar-refractivity contribution >= 4 is 17.8 Å². The first-order valence-electron chi connectivity index (χ1n) is 14.7. The van der Waals surface area contributed by atoms with Crippen molar-refractivity contribution in [2.24, 2.45) is 5.92 Å². The molecule has 222 valence electrons. The molecule has 8 heteroatoms. The maximum absolute atomic E-state index is 13.1. The van der Waals surface area contributed by atoms with E-state index in [0.29, 0.717) is 51.1 Å². The number of rotatable bonds is 14. The predicted octanol–water partition coefficient (Wildman–Crippen LogP) is 6.30. The summed E-state index contributed by atoms with van der Waals surface area (Å²) in [6, 6.07) is 20.4. The van der Waals surface area contributed by atoms with E-state index >= 15 is 0 Å². The van der Waals surface area contributed by atoms with E-state index in [4.69, 9.17) is 9.47 Å². The second-order valence-corrected chi connectivity index (χ2v) is 10.8. The van der Waals surface area contributed by atoms with Crippen LogP contribution in [0.2, 0.25) is 0 Å². The standard InChI is InChI=1S/C34H39NO7/c1-2-5-23-9-11-25(12-10-23)22-42-29-16-13-24(14-17-29)6-4-19-41-31-18-15-27(34(39)40)21-30(31)32(36)35-28-8-3-7-26(20-28)33(37)38/h9-18,21,26,28H,2-8,19-20,22H2,1H3,(H,35,36)(H,37,38)(H,39,40). The molecule has 0 bridgehead atoms. The average molecular weight is 574 g/mol. The predicted molar refractivity (Wildman–Crippen MR) is 159 cm³/mol. The van der Waals surface area contributed by atoms with Gasteiger partial charge in [0.2, 0.25) is 0 Å². The van der Waals surface area contributed by atoms with Crippen LogP contribution in [-0.4, -0.2) is 40.7 Å². The molecule has 1 aliphatic carbocycles. The fraction of sp³-hybridized carbons (Fsp3) is 0.382. The molecular formula is C34H39NO7. The molecule has 8 nitrogen and oxygen atoms in total. The van der Waals surface area contributed by atoms with Crippen molar-refractivity contribution < 1.29 is 34.1 Å². The second-order valence-electron chi connectivity index (χ2n) is 10.8. The first-order chi connectivity index (χ1) is 20.3. The molecule has 0 aromatic heterocycles. The van der Waals surface area contributed by atoms with Crippen LogP contribution in [-0.2, 0) is 24.2 Å². The summed E-state index contributed by atoms with van der Waals surface area (Å²) < 4.78 is 11.9. The van der Waals surface area contributed by atoms with E-state index in [0.717, 1.165) is 36.1 Å². The first-order valence-corrected chi connectivity index (χ1v) is 14.7. The van der Waals surface area contributed by atoms with E-state index in [1.165, 1.54) is 23.8 Å². The zero-order valence-corrected chi connectivity index (χ0v) is 24.0. The Morgan fingerprint density at radius 2 is 1.55 bits per heavy atom. The minimum absolute atomic E-state index is 0.0182. The minimum atomic E-state index is -1.14. The van der Waals surface area contributed by atoms with Gasteiger partial charge in [0, 0.05) is 6.04 Å². The summed E-state index contributed by atoms with van der Waals surface area (Å²) >= 11 is 0. The number of amides is 1. The Morgan fingerprint density at radius 3 is 2.24 bits per heavy atom. The van der Waals surface area contributed by atoms with E-state index in [9.17, 15) is 24.6 Å². The molecule has 2 unspecified atom stereocenters. The molecule has 0 saturated heterocycles. The number of aliphatic carboxylic acids is 1. The molecule has 4 rings (SSSR count). The SMILES string of the molecule is CCCc1ccc(COc2ccc(CCCOc3ccc(C(=O)O)cc3C(=O)NC3CCCC(C(=O)O)C3)cc2)cc1. The molecule has 1 saturated carbocycles. The van der Waals surface area contributed by atoms with Crippen LogP contribution in [0.5, 0.6) is 11.5 Å². The van der Waals surface area contributed by atoms with Gasteiger partial charge in [0.1, 0.15) is 18.1 Å². The summed E-state index contributed by atoms with van der Waals surface area (Å²) in [5.41, 5.74) is 3.70. The number of carbonyl (C=O) groups excluding carboxylic acids is 1. The van der Waals surface area contributed by atoms with Gasteiger partial charge in [0.05, 0.1) is 23.7 Å². The van der Waals surface area contributed by atoms with Gasteiger partial charge < -0.3 is 25.0 Å².